The lowest BCUT2D eigenvalue weighted by Crippen LogP contribution is -2.41. The molecule has 1 aromatic rings. The quantitative estimate of drug-likeness (QED) is 0.754. The van der Waals surface area contributed by atoms with E-state index in [0.717, 1.165) is 0 Å². The molecular weight excluding hydrogens is 190 g/mol. The molecule has 2 rings (SSSR count). The standard InChI is InChI=1S/C11H15N3O/c12-6-10(8-3-4-8)14-11(15)9-2-1-5-13-7-9/h1-2,5,7-8,10H,3-4,6,12H2,(H,14,15). The van der Waals surface area contributed by atoms with Crippen molar-refractivity contribution in [2.24, 2.45) is 11.7 Å². The third-order valence-corrected chi connectivity index (χ3v) is 2.69. The smallest absolute Gasteiger partial charge is 0.253 e. The van der Waals surface area contributed by atoms with Crippen LogP contribution in [0.3, 0.4) is 0 Å². The molecule has 80 valence electrons. The number of pyridine rings is 1. The van der Waals surface area contributed by atoms with Crippen molar-refractivity contribution in [3.8, 4) is 0 Å². The maximum absolute atomic E-state index is 11.7. The molecule has 0 spiro atoms. The van der Waals surface area contributed by atoms with Gasteiger partial charge in [-0.15, -0.1) is 0 Å². The first-order valence-corrected chi connectivity index (χ1v) is 5.22. The number of hydrogen-bond acceptors (Lipinski definition) is 3. The Morgan fingerprint density at radius 1 is 1.67 bits per heavy atom. The normalized spacial score (nSPS) is 17.1. The van der Waals surface area contributed by atoms with E-state index in [2.05, 4.69) is 10.3 Å². The number of rotatable bonds is 4. The van der Waals surface area contributed by atoms with Gasteiger partial charge in [-0.3, -0.25) is 9.78 Å². The monoisotopic (exact) mass is 205 g/mol. The van der Waals surface area contributed by atoms with Crippen molar-refractivity contribution in [2.45, 2.75) is 18.9 Å². The number of nitrogens with zero attached hydrogens (tertiary/aromatic N) is 1. The highest BCUT2D eigenvalue weighted by molar-refractivity contribution is 5.94. The molecule has 1 fully saturated rings. The summed E-state index contributed by atoms with van der Waals surface area (Å²) >= 11 is 0. The zero-order valence-electron chi connectivity index (χ0n) is 8.52. The molecule has 1 aliphatic carbocycles. The largest absolute Gasteiger partial charge is 0.348 e. The lowest BCUT2D eigenvalue weighted by molar-refractivity contribution is 0.0933. The van der Waals surface area contributed by atoms with Crippen molar-refractivity contribution in [1.29, 1.82) is 0 Å². The van der Waals surface area contributed by atoms with Crippen LogP contribution in [0.4, 0.5) is 0 Å². The molecule has 0 radical (unpaired) electrons. The summed E-state index contributed by atoms with van der Waals surface area (Å²) in [6.45, 7) is 0.511. The van der Waals surface area contributed by atoms with Gasteiger partial charge in [0.15, 0.2) is 0 Å². The Morgan fingerprint density at radius 2 is 2.47 bits per heavy atom. The molecule has 0 aliphatic heterocycles. The molecule has 0 aromatic carbocycles. The lowest BCUT2D eigenvalue weighted by Gasteiger charge is -2.15. The first kappa shape index (κ1) is 10.1. The van der Waals surface area contributed by atoms with Crippen molar-refractivity contribution < 1.29 is 4.79 Å². The highest BCUT2D eigenvalue weighted by Gasteiger charge is 2.31. The second-order valence-corrected chi connectivity index (χ2v) is 3.89. The van der Waals surface area contributed by atoms with Gasteiger partial charge in [0, 0.05) is 25.0 Å². The number of amides is 1. The van der Waals surface area contributed by atoms with Crippen LogP contribution in [0.1, 0.15) is 23.2 Å². The zero-order chi connectivity index (χ0) is 10.7. The fourth-order valence-corrected chi connectivity index (χ4v) is 1.62. The average Bonchev–Trinajstić information content (AvgIpc) is 3.10. The molecule has 1 atom stereocenters. The molecule has 3 N–H and O–H groups in total. The van der Waals surface area contributed by atoms with Gasteiger partial charge in [-0.2, -0.15) is 0 Å². The fourth-order valence-electron chi connectivity index (χ4n) is 1.62. The summed E-state index contributed by atoms with van der Waals surface area (Å²) < 4.78 is 0. The van der Waals surface area contributed by atoms with E-state index >= 15 is 0 Å². The van der Waals surface area contributed by atoms with Crippen molar-refractivity contribution in [3.05, 3.63) is 30.1 Å². The Kier molecular flexibility index (Phi) is 2.97. The van der Waals surface area contributed by atoms with Gasteiger partial charge >= 0.3 is 0 Å². The van der Waals surface area contributed by atoms with Crippen LogP contribution < -0.4 is 11.1 Å². The Labute approximate surface area is 88.9 Å². The first-order chi connectivity index (χ1) is 7.31. The van der Waals surface area contributed by atoms with E-state index in [9.17, 15) is 4.79 Å². The van der Waals surface area contributed by atoms with Crippen LogP contribution in [-0.4, -0.2) is 23.5 Å². The molecular formula is C11H15N3O. The maximum Gasteiger partial charge on any atom is 0.253 e. The number of aromatic nitrogens is 1. The summed E-state index contributed by atoms with van der Waals surface area (Å²) in [6, 6.07) is 3.63. The third kappa shape index (κ3) is 2.53. The Morgan fingerprint density at radius 3 is 3.00 bits per heavy atom. The third-order valence-electron chi connectivity index (χ3n) is 2.69. The van der Waals surface area contributed by atoms with Crippen LogP contribution in [-0.2, 0) is 0 Å². The molecule has 1 aromatic heterocycles. The van der Waals surface area contributed by atoms with E-state index in [1.807, 2.05) is 0 Å². The predicted octanol–water partition coefficient (Wildman–Crippen LogP) is 0.549. The van der Waals surface area contributed by atoms with Gasteiger partial charge < -0.3 is 11.1 Å². The molecule has 0 saturated heterocycles. The van der Waals surface area contributed by atoms with Gasteiger partial charge in [-0.25, -0.2) is 0 Å². The van der Waals surface area contributed by atoms with E-state index in [0.29, 0.717) is 18.0 Å². The summed E-state index contributed by atoms with van der Waals surface area (Å²) in [5, 5.41) is 2.94. The average molecular weight is 205 g/mol. The minimum absolute atomic E-state index is 0.0783. The number of carbonyl (C=O) groups is 1. The molecule has 4 nitrogen and oxygen atoms in total. The highest BCUT2D eigenvalue weighted by Crippen LogP contribution is 2.32. The minimum atomic E-state index is -0.0783. The minimum Gasteiger partial charge on any atom is -0.348 e. The van der Waals surface area contributed by atoms with Crippen LogP contribution in [0, 0.1) is 5.92 Å². The molecule has 1 saturated carbocycles. The fraction of sp³-hybridized carbons (Fsp3) is 0.455. The first-order valence-electron chi connectivity index (χ1n) is 5.22. The van der Waals surface area contributed by atoms with Crippen LogP contribution in [0.15, 0.2) is 24.5 Å². The SMILES string of the molecule is NCC(NC(=O)c1cccnc1)C1CC1. The van der Waals surface area contributed by atoms with Gasteiger partial charge in [0.05, 0.1) is 5.56 Å². The van der Waals surface area contributed by atoms with Gasteiger partial charge in [0.1, 0.15) is 0 Å². The molecule has 15 heavy (non-hydrogen) atoms. The zero-order valence-corrected chi connectivity index (χ0v) is 8.52. The van der Waals surface area contributed by atoms with Gasteiger partial charge in [-0.05, 0) is 30.9 Å². The summed E-state index contributed by atoms with van der Waals surface area (Å²) in [5.74, 6) is 0.501. The van der Waals surface area contributed by atoms with E-state index in [4.69, 9.17) is 5.73 Å². The summed E-state index contributed by atoms with van der Waals surface area (Å²) in [7, 11) is 0. The number of nitrogens with two attached hydrogens (primary N) is 1. The van der Waals surface area contributed by atoms with Crippen molar-refractivity contribution in [1.82, 2.24) is 10.3 Å². The van der Waals surface area contributed by atoms with Gasteiger partial charge in [-0.1, -0.05) is 0 Å². The second kappa shape index (κ2) is 4.40. The molecule has 1 aliphatic rings. The van der Waals surface area contributed by atoms with E-state index in [1.54, 1.807) is 24.5 Å². The maximum atomic E-state index is 11.7. The molecule has 1 heterocycles. The number of hydrogen-bond donors (Lipinski definition) is 2. The predicted molar refractivity (Wildman–Crippen MR) is 57.3 cm³/mol. The topological polar surface area (TPSA) is 68.0 Å². The van der Waals surface area contributed by atoms with Crippen molar-refractivity contribution in [3.63, 3.8) is 0 Å². The number of nitrogens with one attached hydrogen (secondary N) is 1. The summed E-state index contributed by atoms with van der Waals surface area (Å²) in [5.41, 5.74) is 6.20. The Balaban J connectivity index is 1.96. The van der Waals surface area contributed by atoms with Crippen LogP contribution in [0.2, 0.25) is 0 Å². The summed E-state index contributed by atoms with van der Waals surface area (Å²) in [4.78, 5) is 15.6. The van der Waals surface area contributed by atoms with Crippen molar-refractivity contribution in [2.75, 3.05) is 6.54 Å². The summed E-state index contributed by atoms with van der Waals surface area (Å²) in [6.07, 6.45) is 5.57. The van der Waals surface area contributed by atoms with E-state index in [1.165, 1.54) is 12.8 Å². The molecule has 4 heteroatoms. The van der Waals surface area contributed by atoms with Crippen LogP contribution in [0.5, 0.6) is 0 Å². The Bertz CT molecular complexity index is 335. The highest BCUT2D eigenvalue weighted by atomic mass is 16.1. The number of carbonyl (C=O) groups excluding carboxylic acids is 1. The molecule has 1 amide bonds. The molecule has 0 bridgehead atoms. The Hall–Kier alpha value is -1.42. The molecule has 1 unspecified atom stereocenters. The van der Waals surface area contributed by atoms with Crippen LogP contribution >= 0.6 is 0 Å². The van der Waals surface area contributed by atoms with Crippen LogP contribution in [0.25, 0.3) is 0 Å². The van der Waals surface area contributed by atoms with Gasteiger partial charge in [0.2, 0.25) is 0 Å². The van der Waals surface area contributed by atoms with E-state index in [-0.39, 0.29) is 11.9 Å². The van der Waals surface area contributed by atoms with E-state index < -0.39 is 0 Å². The van der Waals surface area contributed by atoms with Crippen molar-refractivity contribution >= 4 is 5.91 Å². The lowest BCUT2D eigenvalue weighted by atomic mass is 10.1. The van der Waals surface area contributed by atoms with Gasteiger partial charge in [0.25, 0.3) is 5.91 Å². The second-order valence-electron chi connectivity index (χ2n) is 3.89.